The molecule has 0 aliphatic carbocycles. The molecule has 1 amide bonds. The third-order valence-corrected chi connectivity index (χ3v) is 2.04. The predicted molar refractivity (Wildman–Crippen MR) is 59.2 cm³/mol. The van der Waals surface area contributed by atoms with Crippen LogP contribution in [0, 0.1) is 0 Å². The van der Waals surface area contributed by atoms with Gasteiger partial charge >= 0.3 is 0 Å². The van der Waals surface area contributed by atoms with Gasteiger partial charge in [-0.15, -0.1) is 0 Å². The molecule has 0 aliphatic rings. The molecule has 6 nitrogen and oxygen atoms in total. The van der Waals surface area contributed by atoms with E-state index in [-0.39, 0.29) is 0 Å². The number of pyridine rings is 1. The zero-order chi connectivity index (χ0) is 11.5. The van der Waals surface area contributed by atoms with Gasteiger partial charge < -0.3 is 11.1 Å². The average Bonchev–Trinajstić information content (AvgIpc) is 2.64. The van der Waals surface area contributed by atoms with Crippen molar-refractivity contribution in [1.29, 1.82) is 0 Å². The molecule has 16 heavy (non-hydrogen) atoms. The standard InChI is InChI=1S/C10H11N5O/c1-15-6-7(5-13-15)14-10-8(9(11)16)3-2-4-12-10/h2-6H,1H3,(H2,11,16)(H,12,14). The number of nitrogens with one attached hydrogen (secondary N) is 1. The van der Waals surface area contributed by atoms with Crippen LogP contribution in [0.5, 0.6) is 0 Å². The molecular formula is C10H11N5O. The van der Waals surface area contributed by atoms with Crippen LogP contribution in [-0.4, -0.2) is 20.7 Å². The molecule has 0 aromatic carbocycles. The SMILES string of the molecule is Cn1cc(Nc2ncccc2C(N)=O)cn1. The molecule has 2 rings (SSSR count). The summed E-state index contributed by atoms with van der Waals surface area (Å²) in [5, 5.41) is 6.98. The second-order valence-electron chi connectivity index (χ2n) is 3.29. The van der Waals surface area contributed by atoms with Crippen molar-refractivity contribution >= 4 is 17.4 Å². The van der Waals surface area contributed by atoms with Gasteiger partial charge in [0.25, 0.3) is 5.91 Å². The van der Waals surface area contributed by atoms with Gasteiger partial charge in [0.05, 0.1) is 17.4 Å². The largest absolute Gasteiger partial charge is 0.365 e. The Morgan fingerprint density at radius 2 is 2.38 bits per heavy atom. The maximum absolute atomic E-state index is 11.1. The molecule has 0 aliphatic heterocycles. The Hall–Kier alpha value is -2.37. The van der Waals surface area contributed by atoms with Gasteiger partial charge in [-0.3, -0.25) is 9.48 Å². The van der Waals surface area contributed by atoms with Crippen LogP contribution in [0.1, 0.15) is 10.4 Å². The van der Waals surface area contributed by atoms with E-state index in [2.05, 4.69) is 15.4 Å². The van der Waals surface area contributed by atoms with Crippen LogP contribution in [0.25, 0.3) is 0 Å². The summed E-state index contributed by atoms with van der Waals surface area (Å²) < 4.78 is 1.65. The first-order chi connectivity index (χ1) is 7.66. The van der Waals surface area contributed by atoms with Crippen molar-refractivity contribution in [2.75, 3.05) is 5.32 Å². The number of anilines is 2. The molecule has 0 fully saturated rings. The van der Waals surface area contributed by atoms with E-state index in [9.17, 15) is 4.79 Å². The van der Waals surface area contributed by atoms with Gasteiger partial charge in [0.15, 0.2) is 0 Å². The van der Waals surface area contributed by atoms with E-state index >= 15 is 0 Å². The zero-order valence-corrected chi connectivity index (χ0v) is 8.71. The number of amides is 1. The fraction of sp³-hybridized carbons (Fsp3) is 0.100. The predicted octanol–water partition coefficient (Wildman–Crippen LogP) is 0.658. The number of aryl methyl sites for hydroxylation is 1. The molecule has 0 saturated heterocycles. The number of primary amides is 1. The van der Waals surface area contributed by atoms with Crippen LogP contribution in [-0.2, 0) is 7.05 Å². The minimum atomic E-state index is -0.514. The van der Waals surface area contributed by atoms with Gasteiger partial charge in [-0.1, -0.05) is 0 Å². The molecule has 6 heteroatoms. The summed E-state index contributed by atoms with van der Waals surface area (Å²) in [7, 11) is 1.80. The number of hydrogen-bond acceptors (Lipinski definition) is 4. The van der Waals surface area contributed by atoms with Crippen molar-refractivity contribution < 1.29 is 4.79 Å². The molecule has 0 bridgehead atoms. The first-order valence-electron chi connectivity index (χ1n) is 4.67. The van der Waals surface area contributed by atoms with E-state index in [0.29, 0.717) is 11.4 Å². The number of rotatable bonds is 3. The summed E-state index contributed by atoms with van der Waals surface area (Å²) in [5.41, 5.74) is 6.34. The fourth-order valence-corrected chi connectivity index (χ4v) is 1.33. The third-order valence-electron chi connectivity index (χ3n) is 2.04. The monoisotopic (exact) mass is 217 g/mol. The molecule has 3 N–H and O–H groups in total. The number of nitrogens with two attached hydrogens (primary N) is 1. The lowest BCUT2D eigenvalue weighted by molar-refractivity contribution is 0.100. The van der Waals surface area contributed by atoms with Crippen LogP contribution < -0.4 is 11.1 Å². The van der Waals surface area contributed by atoms with E-state index in [0.717, 1.165) is 5.69 Å². The molecule has 0 atom stereocenters. The smallest absolute Gasteiger partial charge is 0.252 e. The Kier molecular flexibility index (Phi) is 2.55. The minimum Gasteiger partial charge on any atom is -0.365 e. The van der Waals surface area contributed by atoms with Gasteiger partial charge in [-0.2, -0.15) is 5.10 Å². The fourth-order valence-electron chi connectivity index (χ4n) is 1.33. The molecule has 0 unspecified atom stereocenters. The normalized spacial score (nSPS) is 10.1. The molecule has 82 valence electrons. The third kappa shape index (κ3) is 2.00. The summed E-state index contributed by atoms with van der Waals surface area (Å²) >= 11 is 0. The van der Waals surface area contributed by atoms with E-state index in [4.69, 9.17) is 5.73 Å². The van der Waals surface area contributed by atoms with Crippen molar-refractivity contribution in [3.63, 3.8) is 0 Å². The van der Waals surface area contributed by atoms with Crippen molar-refractivity contribution in [2.45, 2.75) is 0 Å². The van der Waals surface area contributed by atoms with Crippen LogP contribution in [0.3, 0.4) is 0 Å². The van der Waals surface area contributed by atoms with Gasteiger partial charge in [-0.05, 0) is 12.1 Å². The highest BCUT2D eigenvalue weighted by Gasteiger charge is 2.09. The second kappa shape index (κ2) is 4.01. The summed E-state index contributed by atoms with van der Waals surface area (Å²) in [5.74, 6) is -0.0810. The summed E-state index contributed by atoms with van der Waals surface area (Å²) in [6, 6.07) is 3.28. The van der Waals surface area contributed by atoms with E-state index in [1.165, 1.54) is 0 Å². The van der Waals surface area contributed by atoms with Gasteiger partial charge in [-0.25, -0.2) is 4.98 Å². The Bertz CT molecular complexity index is 519. The van der Waals surface area contributed by atoms with Crippen molar-refractivity contribution in [2.24, 2.45) is 12.8 Å². The minimum absolute atomic E-state index is 0.353. The van der Waals surface area contributed by atoms with E-state index in [1.54, 1.807) is 42.5 Å². The van der Waals surface area contributed by atoms with Crippen LogP contribution in [0.2, 0.25) is 0 Å². The Balaban J connectivity index is 2.31. The van der Waals surface area contributed by atoms with Crippen LogP contribution in [0.4, 0.5) is 11.5 Å². The maximum atomic E-state index is 11.1. The summed E-state index contributed by atoms with van der Waals surface area (Å²) in [4.78, 5) is 15.2. The Morgan fingerprint density at radius 1 is 1.56 bits per heavy atom. The number of nitrogens with zero attached hydrogens (tertiary/aromatic N) is 3. The lowest BCUT2D eigenvalue weighted by Gasteiger charge is -2.05. The molecule has 0 spiro atoms. The first kappa shape index (κ1) is 10.2. The molecule has 2 aromatic rings. The van der Waals surface area contributed by atoms with Gasteiger partial charge in [0, 0.05) is 19.4 Å². The highest BCUT2D eigenvalue weighted by atomic mass is 16.1. The quantitative estimate of drug-likeness (QED) is 0.790. The van der Waals surface area contributed by atoms with Gasteiger partial charge in [0.1, 0.15) is 5.82 Å². The molecule has 2 heterocycles. The molecule has 0 radical (unpaired) electrons. The topological polar surface area (TPSA) is 85.8 Å². The van der Waals surface area contributed by atoms with Crippen LogP contribution in [0.15, 0.2) is 30.7 Å². The first-order valence-corrected chi connectivity index (χ1v) is 4.67. The summed E-state index contributed by atoms with van der Waals surface area (Å²) in [6.45, 7) is 0. The highest BCUT2D eigenvalue weighted by Crippen LogP contribution is 2.16. The molecule has 2 aromatic heterocycles. The lowest BCUT2D eigenvalue weighted by atomic mass is 10.2. The molecular weight excluding hydrogens is 206 g/mol. The van der Waals surface area contributed by atoms with Crippen molar-refractivity contribution in [1.82, 2.24) is 14.8 Å². The highest BCUT2D eigenvalue weighted by molar-refractivity contribution is 5.98. The lowest BCUT2D eigenvalue weighted by Crippen LogP contribution is -2.13. The zero-order valence-electron chi connectivity index (χ0n) is 8.71. The number of carbonyl (C=O) groups is 1. The van der Waals surface area contributed by atoms with Crippen molar-refractivity contribution in [3.05, 3.63) is 36.3 Å². The van der Waals surface area contributed by atoms with Gasteiger partial charge in [0.2, 0.25) is 0 Å². The maximum Gasteiger partial charge on any atom is 0.252 e. The summed E-state index contributed by atoms with van der Waals surface area (Å²) in [6.07, 6.45) is 5.00. The van der Waals surface area contributed by atoms with Crippen LogP contribution >= 0.6 is 0 Å². The second-order valence-corrected chi connectivity index (χ2v) is 3.29. The van der Waals surface area contributed by atoms with Crippen molar-refractivity contribution in [3.8, 4) is 0 Å². The molecule has 0 saturated carbocycles. The number of hydrogen-bond donors (Lipinski definition) is 2. The Labute approximate surface area is 92.1 Å². The van der Waals surface area contributed by atoms with E-state index in [1.807, 2.05) is 0 Å². The van der Waals surface area contributed by atoms with E-state index < -0.39 is 5.91 Å². The average molecular weight is 217 g/mol. The Morgan fingerprint density at radius 3 is 3.00 bits per heavy atom. The number of aromatic nitrogens is 3. The number of carbonyl (C=O) groups excluding carboxylic acids is 1.